The number of para-hydroxylation sites is 1. The van der Waals surface area contributed by atoms with Crippen molar-refractivity contribution in [3.63, 3.8) is 0 Å². The SMILES string of the molecule is Cc1ccc(/C=C/S(=O)(=O)N2CCC(Oc3nc4ccccc4s3)CC2)cc1. The van der Waals surface area contributed by atoms with Crippen LogP contribution in [0.2, 0.25) is 0 Å². The van der Waals surface area contributed by atoms with Gasteiger partial charge in [0.2, 0.25) is 10.0 Å². The maximum absolute atomic E-state index is 12.6. The number of nitrogens with zero attached hydrogens (tertiary/aromatic N) is 2. The summed E-state index contributed by atoms with van der Waals surface area (Å²) in [5.41, 5.74) is 2.96. The average Bonchev–Trinajstić information content (AvgIpc) is 3.10. The summed E-state index contributed by atoms with van der Waals surface area (Å²) < 4.78 is 33.8. The number of piperidine rings is 1. The number of hydrogen-bond donors (Lipinski definition) is 0. The van der Waals surface area contributed by atoms with Crippen LogP contribution in [0.3, 0.4) is 0 Å². The summed E-state index contributed by atoms with van der Waals surface area (Å²) in [6, 6.07) is 15.7. The van der Waals surface area contributed by atoms with Gasteiger partial charge >= 0.3 is 0 Å². The van der Waals surface area contributed by atoms with Gasteiger partial charge in [-0.25, -0.2) is 13.4 Å². The van der Waals surface area contributed by atoms with E-state index in [1.807, 2.05) is 55.5 Å². The fourth-order valence-corrected chi connectivity index (χ4v) is 5.28. The number of benzene rings is 2. The van der Waals surface area contributed by atoms with E-state index in [0.717, 1.165) is 21.3 Å². The van der Waals surface area contributed by atoms with E-state index in [2.05, 4.69) is 4.98 Å². The van der Waals surface area contributed by atoms with Crippen molar-refractivity contribution in [2.24, 2.45) is 0 Å². The Morgan fingerprint density at radius 3 is 2.54 bits per heavy atom. The summed E-state index contributed by atoms with van der Waals surface area (Å²) in [5, 5.41) is 1.95. The van der Waals surface area contributed by atoms with Crippen LogP contribution in [0, 0.1) is 6.92 Å². The molecule has 1 aliphatic heterocycles. The van der Waals surface area contributed by atoms with Gasteiger partial charge < -0.3 is 4.74 Å². The molecule has 1 aliphatic rings. The van der Waals surface area contributed by atoms with Crippen molar-refractivity contribution in [3.05, 3.63) is 65.1 Å². The number of sulfonamides is 1. The third-order valence-corrected chi connectivity index (χ3v) is 7.30. The largest absolute Gasteiger partial charge is 0.467 e. The molecule has 2 aromatic carbocycles. The zero-order chi connectivity index (χ0) is 19.6. The summed E-state index contributed by atoms with van der Waals surface area (Å²) in [6.07, 6.45) is 2.97. The molecule has 0 N–H and O–H groups in total. The Bertz CT molecular complexity index is 1050. The van der Waals surface area contributed by atoms with Gasteiger partial charge in [-0.15, -0.1) is 0 Å². The molecule has 0 saturated carbocycles. The average molecular weight is 415 g/mol. The number of rotatable bonds is 5. The Balaban J connectivity index is 1.35. The summed E-state index contributed by atoms with van der Waals surface area (Å²) in [4.78, 5) is 4.50. The first kappa shape index (κ1) is 19.1. The lowest BCUT2D eigenvalue weighted by atomic mass is 10.1. The van der Waals surface area contributed by atoms with Gasteiger partial charge in [-0.05, 0) is 43.5 Å². The van der Waals surface area contributed by atoms with Crippen molar-refractivity contribution < 1.29 is 13.2 Å². The van der Waals surface area contributed by atoms with Gasteiger partial charge in [-0.2, -0.15) is 4.31 Å². The van der Waals surface area contributed by atoms with Crippen molar-refractivity contribution in [2.75, 3.05) is 13.1 Å². The lowest BCUT2D eigenvalue weighted by Gasteiger charge is -2.29. The van der Waals surface area contributed by atoms with E-state index < -0.39 is 10.0 Å². The van der Waals surface area contributed by atoms with Crippen LogP contribution in [0.4, 0.5) is 0 Å². The van der Waals surface area contributed by atoms with Crippen LogP contribution in [0.5, 0.6) is 5.19 Å². The van der Waals surface area contributed by atoms with Crippen LogP contribution in [0.25, 0.3) is 16.3 Å². The van der Waals surface area contributed by atoms with Crippen LogP contribution >= 0.6 is 11.3 Å². The van der Waals surface area contributed by atoms with Gasteiger partial charge in [-0.1, -0.05) is 53.3 Å². The minimum Gasteiger partial charge on any atom is -0.467 e. The van der Waals surface area contributed by atoms with Gasteiger partial charge in [0.25, 0.3) is 5.19 Å². The first-order chi connectivity index (χ1) is 13.5. The molecule has 5 nitrogen and oxygen atoms in total. The minimum absolute atomic E-state index is 0.00640. The van der Waals surface area contributed by atoms with Gasteiger partial charge in [0, 0.05) is 18.5 Å². The van der Waals surface area contributed by atoms with Gasteiger partial charge in [0.05, 0.1) is 10.2 Å². The van der Waals surface area contributed by atoms with E-state index in [0.29, 0.717) is 31.1 Å². The molecular formula is C21H22N2O3S2. The molecule has 1 saturated heterocycles. The van der Waals surface area contributed by atoms with Crippen molar-refractivity contribution in [1.29, 1.82) is 0 Å². The monoisotopic (exact) mass is 414 g/mol. The highest BCUT2D eigenvalue weighted by molar-refractivity contribution is 7.92. The van der Waals surface area contributed by atoms with Gasteiger partial charge in [0.1, 0.15) is 6.10 Å². The summed E-state index contributed by atoms with van der Waals surface area (Å²) >= 11 is 1.53. The highest BCUT2D eigenvalue weighted by Crippen LogP contribution is 2.30. The molecule has 0 bridgehead atoms. The lowest BCUT2D eigenvalue weighted by molar-refractivity contribution is 0.135. The van der Waals surface area contributed by atoms with Crippen LogP contribution in [0.15, 0.2) is 53.9 Å². The van der Waals surface area contributed by atoms with Crippen LogP contribution in [-0.4, -0.2) is 36.9 Å². The second-order valence-electron chi connectivity index (χ2n) is 6.92. The van der Waals surface area contributed by atoms with Crippen LogP contribution in [0.1, 0.15) is 24.0 Å². The number of ether oxygens (including phenoxy) is 1. The van der Waals surface area contributed by atoms with Crippen molar-refractivity contribution in [1.82, 2.24) is 9.29 Å². The Kier molecular flexibility index (Phi) is 5.48. The van der Waals surface area contributed by atoms with E-state index >= 15 is 0 Å². The predicted octanol–water partition coefficient (Wildman–Crippen LogP) is 4.45. The predicted molar refractivity (Wildman–Crippen MR) is 114 cm³/mol. The Hall–Kier alpha value is -2.22. The molecular weight excluding hydrogens is 392 g/mol. The molecule has 146 valence electrons. The number of thiazole rings is 1. The molecule has 1 fully saturated rings. The molecule has 0 aliphatic carbocycles. The number of fused-ring (bicyclic) bond motifs is 1. The third kappa shape index (κ3) is 4.43. The second kappa shape index (κ2) is 8.03. The minimum atomic E-state index is -3.42. The van der Waals surface area contributed by atoms with Crippen molar-refractivity contribution >= 4 is 37.7 Å². The normalized spacial score (nSPS) is 16.8. The zero-order valence-electron chi connectivity index (χ0n) is 15.6. The molecule has 0 atom stereocenters. The summed E-state index contributed by atoms with van der Waals surface area (Å²) in [5.74, 6) is 0. The number of hydrogen-bond acceptors (Lipinski definition) is 5. The molecule has 0 radical (unpaired) electrons. The lowest BCUT2D eigenvalue weighted by Crippen LogP contribution is -2.40. The molecule has 4 rings (SSSR count). The third-order valence-electron chi connectivity index (χ3n) is 4.81. The number of aryl methyl sites for hydroxylation is 1. The second-order valence-corrected chi connectivity index (χ2v) is 9.73. The van der Waals surface area contributed by atoms with E-state index in [4.69, 9.17) is 4.74 Å². The fourth-order valence-electron chi connectivity index (χ4n) is 3.18. The Morgan fingerprint density at radius 2 is 1.82 bits per heavy atom. The molecule has 0 amide bonds. The quantitative estimate of drug-likeness (QED) is 0.619. The summed E-state index contributed by atoms with van der Waals surface area (Å²) in [6.45, 7) is 2.91. The van der Waals surface area contributed by atoms with E-state index in [-0.39, 0.29) is 6.10 Å². The van der Waals surface area contributed by atoms with Crippen molar-refractivity contribution in [3.8, 4) is 5.19 Å². The standard InChI is InChI=1S/C21H22N2O3S2/c1-16-6-8-17(9-7-16)12-15-28(24,25)23-13-10-18(11-14-23)26-21-22-19-4-2-3-5-20(19)27-21/h2-9,12,15,18H,10-11,13-14H2,1H3/b15-12+. The maximum atomic E-state index is 12.6. The van der Waals surface area contributed by atoms with Crippen LogP contribution < -0.4 is 4.74 Å². The molecule has 3 aromatic rings. The van der Waals surface area contributed by atoms with E-state index in [1.165, 1.54) is 21.1 Å². The van der Waals surface area contributed by atoms with E-state index in [9.17, 15) is 8.42 Å². The van der Waals surface area contributed by atoms with Gasteiger partial charge in [-0.3, -0.25) is 0 Å². The molecule has 7 heteroatoms. The Morgan fingerprint density at radius 1 is 1.11 bits per heavy atom. The maximum Gasteiger partial charge on any atom is 0.274 e. The van der Waals surface area contributed by atoms with Gasteiger partial charge in [0.15, 0.2) is 0 Å². The Labute approximate surface area is 169 Å². The first-order valence-electron chi connectivity index (χ1n) is 9.27. The zero-order valence-corrected chi connectivity index (χ0v) is 17.2. The molecule has 0 spiro atoms. The first-order valence-corrected chi connectivity index (χ1v) is 11.6. The highest BCUT2D eigenvalue weighted by atomic mass is 32.2. The smallest absolute Gasteiger partial charge is 0.274 e. The van der Waals surface area contributed by atoms with Crippen molar-refractivity contribution in [2.45, 2.75) is 25.9 Å². The summed E-state index contributed by atoms with van der Waals surface area (Å²) in [7, 11) is -3.42. The highest BCUT2D eigenvalue weighted by Gasteiger charge is 2.27. The molecule has 28 heavy (non-hydrogen) atoms. The molecule has 1 aromatic heterocycles. The fraction of sp³-hybridized carbons (Fsp3) is 0.286. The van der Waals surface area contributed by atoms with E-state index in [1.54, 1.807) is 6.08 Å². The number of aromatic nitrogens is 1. The topological polar surface area (TPSA) is 59.5 Å². The van der Waals surface area contributed by atoms with Crippen LogP contribution in [-0.2, 0) is 10.0 Å². The molecule has 2 heterocycles. The molecule has 0 unspecified atom stereocenters.